The molecule has 3 aromatic carbocycles. The van der Waals surface area contributed by atoms with Gasteiger partial charge < -0.3 is 9.80 Å². The number of likely N-dealkylation sites (tertiary alicyclic amines) is 1. The molecule has 3 aromatic rings. The maximum absolute atomic E-state index is 13.8. The van der Waals surface area contributed by atoms with Gasteiger partial charge in [0.05, 0.1) is 17.8 Å². The van der Waals surface area contributed by atoms with Crippen LogP contribution < -0.4 is 4.90 Å². The summed E-state index contributed by atoms with van der Waals surface area (Å²) in [7, 11) is 0. The minimum absolute atomic E-state index is 0.0272. The highest BCUT2D eigenvalue weighted by Gasteiger charge is 2.32. The number of hydrogen-bond donors (Lipinski definition) is 0. The lowest BCUT2D eigenvalue weighted by Crippen LogP contribution is -2.47. The van der Waals surface area contributed by atoms with Gasteiger partial charge in [0.2, 0.25) is 0 Å². The van der Waals surface area contributed by atoms with Crippen molar-refractivity contribution in [2.45, 2.75) is 61.5 Å². The number of fused-ring (bicyclic) bond motifs is 2. The lowest BCUT2D eigenvalue weighted by atomic mass is 9.96. The summed E-state index contributed by atoms with van der Waals surface area (Å²) < 4.78 is 0. The minimum atomic E-state index is -0.0916. The molecule has 6 heteroatoms. The van der Waals surface area contributed by atoms with Gasteiger partial charge >= 0.3 is 0 Å². The van der Waals surface area contributed by atoms with E-state index in [0.29, 0.717) is 22.7 Å². The molecule has 0 unspecified atom stereocenters. The summed E-state index contributed by atoms with van der Waals surface area (Å²) in [5, 5.41) is 0.616. The quantitative estimate of drug-likeness (QED) is 0.394. The maximum atomic E-state index is 13.8. The van der Waals surface area contributed by atoms with E-state index in [0.717, 1.165) is 40.3 Å². The second kappa shape index (κ2) is 9.47. The third kappa shape index (κ3) is 4.23. The number of amides is 2. The molecule has 0 saturated carbocycles. The van der Waals surface area contributed by atoms with Gasteiger partial charge in [-0.1, -0.05) is 53.7 Å². The normalized spacial score (nSPS) is 19.9. The van der Waals surface area contributed by atoms with Gasteiger partial charge in [0, 0.05) is 32.5 Å². The Morgan fingerprint density at radius 3 is 2.44 bits per heavy atom. The van der Waals surface area contributed by atoms with Crippen LogP contribution in [0.1, 0.15) is 59.4 Å². The number of halogens is 1. The molecule has 0 radical (unpaired) electrons. The second-order valence-corrected chi connectivity index (χ2v) is 10.6. The number of nitrogens with zero attached hydrogens (tertiary/aromatic N) is 2. The smallest absolute Gasteiger partial charge is 0.259 e. The van der Waals surface area contributed by atoms with Crippen LogP contribution in [-0.2, 0) is 6.54 Å². The molecule has 2 amide bonds. The Hall–Kier alpha value is -2.76. The molecule has 0 bridgehead atoms. The van der Waals surface area contributed by atoms with Crippen molar-refractivity contribution in [1.82, 2.24) is 4.90 Å². The zero-order valence-corrected chi connectivity index (χ0v) is 20.9. The topological polar surface area (TPSA) is 40.6 Å². The molecule has 2 heterocycles. The van der Waals surface area contributed by atoms with Crippen molar-refractivity contribution in [3.63, 3.8) is 0 Å². The van der Waals surface area contributed by atoms with Gasteiger partial charge in [-0.15, -0.1) is 0 Å². The van der Waals surface area contributed by atoms with Gasteiger partial charge in [-0.2, -0.15) is 0 Å². The van der Waals surface area contributed by atoms with Crippen molar-refractivity contribution >= 4 is 40.9 Å². The first-order chi connectivity index (χ1) is 16.4. The van der Waals surface area contributed by atoms with E-state index in [-0.39, 0.29) is 23.9 Å². The molecule has 2 aliphatic heterocycles. The number of benzene rings is 3. The molecule has 0 spiro atoms. The van der Waals surface area contributed by atoms with Crippen molar-refractivity contribution in [3.8, 4) is 0 Å². The van der Waals surface area contributed by atoms with Crippen LogP contribution in [0.3, 0.4) is 0 Å². The van der Waals surface area contributed by atoms with E-state index in [4.69, 9.17) is 11.6 Å². The number of rotatable bonds is 3. The molecule has 5 rings (SSSR count). The summed E-state index contributed by atoms with van der Waals surface area (Å²) >= 11 is 8.03. The average molecular weight is 491 g/mol. The molecule has 2 atom stereocenters. The van der Waals surface area contributed by atoms with E-state index >= 15 is 0 Å². The summed E-state index contributed by atoms with van der Waals surface area (Å²) in [6, 6.07) is 21.4. The van der Waals surface area contributed by atoms with Crippen molar-refractivity contribution in [3.05, 3.63) is 88.4 Å². The molecule has 0 N–H and O–H groups in total. The molecule has 1 saturated heterocycles. The molecule has 34 heavy (non-hydrogen) atoms. The third-order valence-corrected chi connectivity index (χ3v) is 8.30. The SMILES string of the molecule is C[C@@H]1CCC[C@H](C)N1C(=O)c1ccc2c(c1)N(Cc1ccccc1Cl)C(=O)c1ccccc1S2. The van der Waals surface area contributed by atoms with Gasteiger partial charge in [-0.3, -0.25) is 9.59 Å². The van der Waals surface area contributed by atoms with E-state index in [1.807, 2.05) is 71.6 Å². The van der Waals surface area contributed by atoms with Crippen LogP contribution in [0.5, 0.6) is 0 Å². The Labute approximate surface area is 209 Å². The van der Waals surface area contributed by atoms with Gasteiger partial charge in [-0.25, -0.2) is 0 Å². The van der Waals surface area contributed by atoms with Crippen LogP contribution in [0.15, 0.2) is 76.5 Å². The number of piperidine rings is 1. The molecule has 0 aromatic heterocycles. The second-order valence-electron chi connectivity index (χ2n) is 9.10. The third-order valence-electron chi connectivity index (χ3n) is 6.79. The van der Waals surface area contributed by atoms with E-state index in [9.17, 15) is 9.59 Å². The van der Waals surface area contributed by atoms with E-state index in [1.165, 1.54) is 0 Å². The van der Waals surface area contributed by atoms with Crippen molar-refractivity contribution in [2.24, 2.45) is 0 Å². The molecule has 1 fully saturated rings. The minimum Gasteiger partial charge on any atom is -0.333 e. The summed E-state index contributed by atoms with van der Waals surface area (Å²) in [4.78, 5) is 33.0. The highest BCUT2D eigenvalue weighted by Crippen LogP contribution is 2.43. The summed E-state index contributed by atoms with van der Waals surface area (Å²) in [6.45, 7) is 4.57. The number of carbonyl (C=O) groups excluding carboxylic acids is 2. The van der Waals surface area contributed by atoms with Crippen LogP contribution in [-0.4, -0.2) is 28.8 Å². The highest BCUT2D eigenvalue weighted by molar-refractivity contribution is 7.99. The monoisotopic (exact) mass is 490 g/mol. The molecule has 0 aliphatic carbocycles. The summed E-state index contributed by atoms with van der Waals surface area (Å²) in [5.41, 5.74) is 2.88. The van der Waals surface area contributed by atoms with Crippen LogP contribution in [0.25, 0.3) is 0 Å². The van der Waals surface area contributed by atoms with E-state index in [2.05, 4.69) is 13.8 Å². The molecule has 174 valence electrons. The predicted molar refractivity (Wildman–Crippen MR) is 138 cm³/mol. The van der Waals surface area contributed by atoms with Crippen molar-refractivity contribution < 1.29 is 9.59 Å². The first kappa shape index (κ1) is 23.0. The summed E-state index contributed by atoms with van der Waals surface area (Å²) in [5.74, 6) is -0.0644. The van der Waals surface area contributed by atoms with Gasteiger partial charge in [0.1, 0.15) is 0 Å². The first-order valence-electron chi connectivity index (χ1n) is 11.7. The van der Waals surface area contributed by atoms with Gasteiger partial charge in [0.25, 0.3) is 11.8 Å². The Bertz CT molecular complexity index is 1250. The lowest BCUT2D eigenvalue weighted by molar-refractivity contribution is 0.0510. The fourth-order valence-electron chi connectivity index (χ4n) is 4.98. The fourth-order valence-corrected chi connectivity index (χ4v) is 6.23. The zero-order valence-electron chi connectivity index (χ0n) is 19.3. The molecule has 4 nitrogen and oxygen atoms in total. The van der Waals surface area contributed by atoms with Crippen LogP contribution in [0.4, 0.5) is 5.69 Å². The Balaban J connectivity index is 1.60. The van der Waals surface area contributed by atoms with Crippen LogP contribution >= 0.6 is 23.4 Å². The van der Waals surface area contributed by atoms with E-state index in [1.54, 1.807) is 16.7 Å². The van der Waals surface area contributed by atoms with Crippen LogP contribution in [0, 0.1) is 0 Å². The van der Waals surface area contributed by atoms with Gasteiger partial charge in [-0.05, 0) is 75.1 Å². The van der Waals surface area contributed by atoms with Crippen molar-refractivity contribution in [2.75, 3.05) is 4.90 Å². The fraction of sp³-hybridized carbons (Fsp3) is 0.286. The predicted octanol–water partition coefficient (Wildman–Crippen LogP) is 7.05. The average Bonchev–Trinajstić information content (AvgIpc) is 2.94. The number of hydrogen-bond acceptors (Lipinski definition) is 3. The largest absolute Gasteiger partial charge is 0.333 e. The molecule has 2 aliphatic rings. The van der Waals surface area contributed by atoms with E-state index < -0.39 is 0 Å². The van der Waals surface area contributed by atoms with Crippen molar-refractivity contribution in [1.29, 1.82) is 0 Å². The summed E-state index contributed by atoms with van der Waals surface area (Å²) in [6.07, 6.45) is 3.18. The Kier molecular flexibility index (Phi) is 6.41. The standard InChI is InChI=1S/C28H27ClN2O2S/c1-18-8-7-9-19(2)31(18)27(32)20-14-15-26-24(16-20)30(17-21-10-3-5-12-23(21)29)28(33)22-11-4-6-13-25(22)34-26/h3-6,10-16,18-19H,7-9,17H2,1-2H3/t18-,19+. The maximum Gasteiger partial charge on any atom is 0.259 e. The first-order valence-corrected chi connectivity index (χ1v) is 12.9. The molecular formula is C28H27ClN2O2S. The highest BCUT2D eigenvalue weighted by atomic mass is 35.5. The number of carbonyl (C=O) groups is 2. The van der Waals surface area contributed by atoms with Crippen LogP contribution in [0.2, 0.25) is 5.02 Å². The Morgan fingerprint density at radius 2 is 1.68 bits per heavy atom. The molecular weight excluding hydrogens is 464 g/mol. The number of anilines is 1. The van der Waals surface area contributed by atoms with Gasteiger partial charge in [0.15, 0.2) is 0 Å². The zero-order chi connectivity index (χ0) is 23.8. The Morgan fingerprint density at radius 1 is 0.971 bits per heavy atom. The lowest BCUT2D eigenvalue weighted by Gasteiger charge is -2.39.